The molecule has 0 aromatic carbocycles. The van der Waals surface area contributed by atoms with E-state index in [1.54, 1.807) is 12.4 Å². The number of aryl methyl sites for hydroxylation is 1. The summed E-state index contributed by atoms with van der Waals surface area (Å²) in [7, 11) is 4.18. The lowest BCUT2D eigenvalue weighted by molar-refractivity contribution is 0.121. The van der Waals surface area contributed by atoms with Gasteiger partial charge in [-0.05, 0) is 44.5 Å². The van der Waals surface area contributed by atoms with E-state index in [1.807, 2.05) is 24.0 Å². The summed E-state index contributed by atoms with van der Waals surface area (Å²) in [4.78, 5) is 6.42. The van der Waals surface area contributed by atoms with Crippen molar-refractivity contribution in [2.75, 3.05) is 25.5 Å². The first kappa shape index (κ1) is 15.5. The number of likely N-dealkylation sites (tertiary alicyclic amines) is 1. The van der Waals surface area contributed by atoms with Crippen LogP contribution in [0.5, 0.6) is 0 Å². The second-order valence-electron chi connectivity index (χ2n) is 6.12. The van der Waals surface area contributed by atoms with E-state index in [4.69, 9.17) is 0 Å². The van der Waals surface area contributed by atoms with Gasteiger partial charge in [0.2, 0.25) is 0 Å². The molecule has 23 heavy (non-hydrogen) atoms. The van der Waals surface area contributed by atoms with Crippen LogP contribution >= 0.6 is 0 Å². The number of nitriles is 1. The van der Waals surface area contributed by atoms with Crippen LogP contribution in [0.15, 0.2) is 30.7 Å². The van der Waals surface area contributed by atoms with Gasteiger partial charge < -0.3 is 5.32 Å². The molecule has 3 heterocycles. The number of nitrogens with zero attached hydrogens (tertiary/aromatic N) is 5. The van der Waals surface area contributed by atoms with Crippen molar-refractivity contribution in [2.45, 2.75) is 18.9 Å². The third-order valence-corrected chi connectivity index (χ3v) is 4.67. The standard InChI is InChI=1S/C17H22N6/c1-22-9-3-4-13(17(22)16-6-8-21-23(16)2)12-20-15-5-7-19-11-14(15)10-18/h5-8,11,13,17H,3-4,9,12H2,1-2H3,(H,19,20)/t13-,17+/m0/s1. The highest BCUT2D eigenvalue weighted by Crippen LogP contribution is 2.35. The van der Waals surface area contributed by atoms with Gasteiger partial charge in [-0.2, -0.15) is 10.4 Å². The van der Waals surface area contributed by atoms with Crippen LogP contribution in [0.3, 0.4) is 0 Å². The maximum absolute atomic E-state index is 9.19. The van der Waals surface area contributed by atoms with E-state index < -0.39 is 0 Å². The zero-order chi connectivity index (χ0) is 16.2. The van der Waals surface area contributed by atoms with E-state index in [-0.39, 0.29) is 0 Å². The van der Waals surface area contributed by atoms with Crippen molar-refractivity contribution in [1.29, 1.82) is 5.26 Å². The minimum absolute atomic E-state index is 0.344. The molecule has 0 bridgehead atoms. The Hall–Kier alpha value is -2.39. The molecule has 6 heteroatoms. The van der Waals surface area contributed by atoms with Gasteiger partial charge in [-0.15, -0.1) is 0 Å². The smallest absolute Gasteiger partial charge is 0.103 e. The first-order valence-electron chi connectivity index (χ1n) is 7.97. The van der Waals surface area contributed by atoms with E-state index in [2.05, 4.69) is 39.5 Å². The molecule has 1 aliphatic rings. The normalized spacial score (nSPS) is 21.8. The van der Waals surface area contributed by atoms with Crippen LogP contribution in [0.2, 0.25) is 0 Å². The summed E-state index contributed by atoms with van der Waals surface area (Å²) in [6, 6.07) is 6.50. The van der Waals surface area contributed by atoms with Crippen molar-refractivity contribution < 1.29 is 0 Å². The molecule has 1 saturated heterocycles. The number of hydrogen-bond acceptors (Lipinski definition) is 5. The number of nitrogens with one attached hydrogen (secondary N) is 1. The molecule has 6 nitrogen and oxygen atoms in total. The van der Waals surface area contributed by atoms with Crippen LogP contribution in [-0.2, 0) is 7.05 Å². The van der Waals surface area contributed by atoms with Crippen molar-refractivity contribution in [3.05, 3.63) is 42.0 Å². The van der Waals surface area contributed by atoms with Crippen LogP contribution < -0.4 is 5.32 Å². The van der Waals surface area contributed by atoms with Gasteiger partial charge in [-0.25, -0.2) is 0 Å². The highest BCUT2D eigenvalue weighted by atomic mass is 15.3. The number of piperidine rings is 1. The Kier molecular flexibility index (Phi) is 4.58. The molecule has 1 fully saturated rings. The summed E-state index contributed by atoms with van der Waals surface area (Å²) < 4.78 is 1.96. The third kappa shape index (κ3) is 3.20. The first-order chi connectivity index (χ1) is 11.2. The lowest BCUT2D eigenvalue weighted by Crippen LogP contribution is -2.40. The Morgan fingerprint density at radius 2 is 2.22 bits per heavy atom. The van der Waals surface area contributed by atoms with E-state index in [0.717, 1.165) is 18.8 Å². The van der Waals surface area contributed by atoms with Crippen molar-refractivity contribution in [3.8, 4) is 6.07 Å². The molecule has 1 N–H and O–H groups in total. The van der Waals surface area contributed by atoms with E-state index >= 15 is 0 Å². The van der Waals surface area contributed by atoms with Crippen LogP contribution in [0.4, 0.5) is 5.69 Å². The van der Waals surface area contributed by atoms with Crippen LogP contribution in [0.25, 0.3) is 0 Å². The average molecular weight is 310 g/mol. The molecule has 0 amide bonds. The molecule has 1 aliphatic heterocycles. The van der Waals surface area contributed by atoms with Crippen LogP contribution in [-0.4, -0.2) is 39.8 Å². The SMILES string of the molecule is CN1CCC[C@@H](CNc2ccncc2C#N)[C@@H]1c1ccnn1C. The summed E-state index contributed by atoms with van der Waals surface area (Å²) in [5.41, 5.74) is 2.70. The Morgan fingerprint density at radius 1 is 1.35 bits per heavy atom. The Bertz CT molecular complexity index is 701. The quantitative estimate of drug-likeness (QED) is 0.937. The molecule has 0 spiro atoms. The summed E-state index contributed by atoms with van der Waals surface area (Å²) in [6.07, 6.45) is 7.54. The van der Waals surface area contributed by atoms with Crippen molar-refractivity contribution >= 4 is 5.69 Å². The van der Waals surface area contributed by atoms with Gasteiger partial charge in [0.05, 0.1) is 23.0 Å². The fraction of sp³-hybridized carbons (Fsp3) is 0.471. The maximum Gasteiger partial charge on any atom is 0.103 e. The highest BCUT2D eigenvalue weighted by Gasteiger charge is 2.32. The lowest BCUT2D eigenvalue weighted by Gasteiger charge is -2.39. The largest absolute Gasteiger partial charge is 0.384 e. The van der Waals surface area contributed by atoms with Gasteiger partial charge in [0.1, 0.15) is 6.07 Å². The zero-order valence-electron chi connectivity index (χ0n) is 13.6. The fourth-order valence-corrected chi connectivity index (χ4v) is 3.49. The first-order valence-corrected chi connectivity index (χ1v) is 7.97. The summed E-state index contributed by atoms with van der Waals surface area (Å²) in [5, 5.41) is 17.0. The third-order valence-electron chi connectivity index (χ3n) is 4.67. The predicted molar refractivity (Wildman–Crippen MR) is 88.7 cm³/mol. The molecule has 120 valence electrons. The Balaban J connectivity index is 1.77. The lowest BCUT2D eigenvalue weighted by atomic mass is 9.87. The van der Waals surface area contributed by atoms with Gasteiger partial charge in [0.15, 0.2) is 0 Å². The monoisotopic (exact) mass is 310 g/mol. The van der Waals surface area contributed by atoms with Gasteiger partial charge in [-0.3, -0.25) is 14.6 Å². The van der Waals surface area contributed by atoms with E-state index in [1.165, 1.54) is 18.5 Å². The van der Waals surface area contributed by atoms with Crippen LogP contribution in [0, 0.1) is 17.2 Å². The molecule has 0 saturated carbocycles. The number of hydrogen-bond donors (Lipinski definition) is 1. The Labute approximate surface area is 136 Å². The van der Waals surface area contributed by atoms with Gasteiger partial charge in [0, 0.05) is 32.2 Å². The molecular formula is C17H22N6. The summed E-state index contributed by atoms with van der Waals surface area (Å²) >= 11 is 0. The van der Waals surface area contributed by atoms with Gasteiger partial charge in [-0.1, -0.05) is 0 Å². The molecule has 2 aromatic heterocycles. The Morgan fingerprint density at radius 3 is 2.96 bits per heavy atom. The minimum atomic E-state index is 0.344. The van der Waals surface area contributed by atoms with Crippen LogP contribution in [0.1, 0.15) is 30.1 Å². The second-order valence-corrected chi connectivity index (χ2v) is 6.12. The zero-order valence-corrected chi connectivity index (χ0v) is 13.6. The number of rotatable bonds is 4. The molecule has 0 aliphatic carbocycles. The van der Waals surface area contributed by atoms with Gasteiger partial charge in [0.25, 0.3) is 0 Å². The fourth-order valence-electron chi connectivity index (χ4n) is 3.49. The number of anilines is 1. The highest BCUT2D eigenvalue weighted by molar-refractivity contribution is 5.55. The summed E-state index contributed by atoms with van der Waals surface area (Å²) in [6.45, 7) is 1.93. The van der Waals surface area contributed by atoms with Crippen molar-refractivity contribution in [2.24, 2.45) is 13.0 Å². The van der Waals surface area contributed by atoms with E-state index in [9.17, 15) is 5.26 Å². The van der Waals surface area contributed by atoms with E-state index in [0.29, 0.717) is 17.5 Å². The minimum Gasteiger partial charge on any atom is -0.384 e. The maximum atomic E-state index is 9.19. The molecule has 2 atom stereocenters. The molecule has 0 radical (unpaired) electrons. The molecular weight excluding hydrogens is 288 g/mol. The average Bonchev–Trinajstić information content (AvgIpc) is 2.99. The molecule has 2 aromatic rings. The van der Waals surface area contributed by atoms with Crippen molar-refractivity contribution in [3.63, 3.8) is 0 Å². The predicted octanol–water partition coefficient (Wildman–Crippen LogP) is 2.18. The number of pyridine rings is 1. The topological polar surface area (TPSA) is 69.8 Å². The molecule has 0 unspecified atom stereocenters. The second kappa shape index (κ2) is 6.80. The van der Waals surface area contributed by atoms with Crippen molar-refractivity contribution in [1.82, 2.24) is 19.7 Å². The summed E-state index contributed by atoms with van der Waals surface area (Å²) in [5.74, 6) is 0.476. The number of aromatic nitrogens is 3. The van der Waals surface area contributed by atoms with Gasteiger partial charge >= 0.3 is 0 Å². The molecule has 3 rings (SSSR count).